The highest BCUT2D eigenvalue weighted by molar-refractivity contribution is 7.92. The minimum Gasteiger partial charge on any atom is -0.219 e. The van der Waals surface area contributed by atoms with E-state index in [0.717, 1.165) is 31.2 Å². The molecule has 0 aromatic heterocycles. The van der Waals surface area contributed by atoms with E-state index in [1.54, 1.807) is 0 Å². The van der Waals surface area contributed by atoms with Gasteiger partial charge in [-0.15, -0.1) is 0 Å². The van der Waals surface area contributed by atoms with Crippen molar-refractivity contribution in [1.82, 2.24) is 0 Å². The van der Waals surface area contributed by atoms with E-state index in [2.05, 4.69) is 0 Å². The molecule has 2 aromatic carbocycles. The number of benzene rings is 2. The molecule has 2 unspecified atom stereocenters. The van der Waals surface area contributed by atoms with E-state index in [1.165, 1.54) is 30.3 Å². The molecule has 0 aliphatic heterocycles. The zero-order valence-corrected chi connectivity index (χ0v) is 16.2. The van der Waals surface area contributed by atoms with Crippen molar-refractivity contribution in [1.29, 1.82) is 0 Å². The molecule has 0 saturated carbocycles. The normalized spacial score (nSPS) is 15.7. The highest BCUT2D eigenvalue weighted by atomic mass is 32.2. The summed E-state index contributed by atoms with van der Waals surface area (Å²) in [6.07, 6.45) is 0. The molecule has 29 heavy (non-hydrogen) atoms. The Morgan fingerprint density at radius 1 is 0.621 bits per heavy atom. The van der Waals surface area contributed by atoms with Gasteiger partial charge in [0.05, 0.1) is 5.25 Å². The van der Waals surface area contributed by atoms with E-state index >= 15 is 0 Å². The topological polar surface area (TPSA) is 68.3 Å². The van der Waals surface area contributed by atoms with Gasteiger partial charge in [0.15, 0.2) is 0 Å². The lowest BCUT2D eigenvalue weighted by atomic mass is 10.0. The van der Waals surface area contributed by atoms with Crippen molar-refractivity contribution in [3.05, 3.63) is 71.3 Å². The van der Waals surface area contributed by atoms with Gasteiger partial charge in [-0.1, -0.05) is 54.6 Å². The fraction of sp³-hybridized carbons (Fsp3) is 0.294. The molecule has 0 N–H and O–H groups in total. The Morgan fingerprint density at radius 2 is 1.00 bits per heavy atom. The summed E-state index contributed by atoms with van der Waals surface area (Å²) in [5.41, 5.74) is -12.0. The van der Waals surface area contributed by atoms with Crippen LogP contribution in [-0.4, -0.2) is 27.9 Å². The second-order valence-corrected chi connectivity index (χ2v) is 10.4. The Balaban J connectivity index is 2.56. The van der Waals surface area contributed by atoms with Crippen molar-refractivity contribution in [2.45, 2.75) is 28.4 Å². The number of halogens is 6. The molecule has 0 aliphatic carbocycles. The number of sulfone groups is 2. The number of rotatable bonds is 5. The summed E-state index contributed by atoms with van der Waals surface area (Å²) in [6.45, 7) is 0.777. The average Bonchev–Trinajstić information content (AvgIpc) is 2.60. The summed E-state index contributed by atoms with van der Waals surface area (Å²) in [7, 11) is -11.3. The number of hydrogen-bond donors (Lipinski definition) is 0. The van der Waals surface area contributed by atoms with Crippen molar-refractivity contribution >= 4 is 19.7 Å². The predicted molar refractivity (Wildman–Crippen MR) is 93.1 cm³/mol. The van der Waals surface area contributed by atoms with Crippen LogP contribution in [0.15, 0.2) is 54.6 Å². The van der Waals surface area contributed by atoms with Crippen LogP contribution in [0.1, 0.15) is 34.1 Å². The third-order valence-corrected chi connectivity index (χ3v) is 7.89. The van der Waals surface area contributed by atoms with Crippen molar-refractivity contribution in [3.63, 3.8) is 0 Å². The molecule has 0 heterocycles. The van der Waals surface area contributed by atoms with Crippen LogP contribution in [0.25, 0.3) is 0 Å². The highest BCUT2D eigenvalue weighted by Gasteiger charge is 2.52. The molecule has 2 aromatic rings. The van der Waals surface area contributed by atoms with Crippen LogP contribution in [0.5, 0.6) is 0 Å². The van der Waals surface area contributed by atoms with Crippen molar-refractivity contribution in [2.24, 2.45) is 0 Å². The van der Waals surface area contributed by atoms with Gasteiger partial charge in [-0.2, -0.15) is 26.3 Å². The Kier molecular flexibility index (Phi) is 6.11. The Morgan fingerprint density at radius 3 is 1.41 bits per heavy atom. The molecular weight excluding hydrogens is 446 g/mol. The number of hydrogen-bond acceptors (Lipinski definition) is 4. The van der Waals surface area contributed by atoms with Crippen LogP contribution >= 0.6 is 0 Å². The lowest BCUT2D eigenvalue weighted by Gasteiger charge is -2.21. The molecule has 2 rings (SSSR count). The average molecular weight is 460 g/mol. The molecule has 160 valence electrons. The first kappa shape index (κ1) is 23.2. The Labute approximate surface area is 163 Å². The molecule has 0 bridgehead atoms. The molecule has 0 aliphatic rings. The largest absolute Gasteiger partial charge is 0.498 e. The molecule has 12 heteroatoms. The molecule has 0 spiro atoms. The summed E-state index contributed by atoms with van der Waals surface area (Å²) < 4.78 is 125. The van der Waals surface area contributed by atoms with Gasteiger partial charge in [-0.25, -0.2) is 16.8 Å². The molecule has 0 fully saturated rings. The zero-order chi connectivity index (χ0) is 22.3. The summed E-state index contributed by atoms with van der Waals surface area (Å²) in [6, 6.07) is 9.94. The van der Waals surface area contributed by atoms with E-state index in [1.807, 2.05) is 0 Å². The molecular formula is C17H14F6O4S2. The summed E-state index contributed by atoms with van der Waals surface area (Å²) in [5, 5.41) is -4.18. The van der Waals surface area contributed by atoms with Gasteiger partial charge in [0.1, 0.15) is 5.25 Å². The van der Waals surface area contributed by atoms with Crippen LogP contribution in [0.2, 0.25) is 0 Å². The Bertz CT molecular complexity index is 1060. The van der Waals surface area contributed by atoms with Crippen molar-refractivity contribution in [2.75, 3.05) is 0 Å². The fourth-order valence-electron chi connectivity index (χ4n) is 2.63. The molecule has 0 saturated heterocycles. The maximum atomic E-state index is 13.2. The first-order valence-electron chi connectivity index (χ1n) is 7.86. The van der Waals surface area contributed by atoms with E-state index in [-0.39, 0.29) is 16.7 Å². The smallest absolute Gasteiger partial charge is 0.219 e. The first-order chi connectivity index (χ1) is 13.1. The lowest BCUT2D eigenvalue weighted by Crippen LogP contribution is -2.30. The van der Waals surface area contributed by atoms with Crippen LogP contribution in [0, 0.1) is 0 Å². The lowest BCUT2D eigenvalue weighted by molar-refractivity contribution is -0.0449. The van der Waals surface area contributed by atoms with E-state index in [0.29, 0.717) is 0 Å². The number of alkyl halides is 6. The second kappa shape index (κ2) is 7.63. The van der Waals surface area contributed by atoms with Crippen LogP contribution < -0.4 is 0 Å². The maximum absolute atomic E-state index is 13.2. The zero-order valence-electron chi connectivity index (χ0n) is 14.6. The van der Waals surface area contributed by atoms with Crippen LogP contribution in [0.4, 0.5) is 26.3 Å². The fourth-order valence-corrected chi connectivity index (χ4v) is 4.85. The van der Waals surface area contributed by atoms with Gasteiger partial charge in [0.25, 0.3) is 19.7 Å². The third kappa shape index (κ3) is 4.42. The predicted octanol–water partition coefficient (Wildman–Crippen LogP) is 4.71. The molecule has 0 radical (unpaired) electrons. The van der Waals surface area contributed by atoms with Gasteiger partial charge in [0.2, 0.25) is 0 Å². The van der Waals surface area contributed by atoms with E-state index < -0.39 is 41.2 Å². The van der Waals surface area contributed by atoms with Crippen LogP contribution in [0.3, 0.4) is 0 Å². The maximum Gasteiger partial charge on any atom is 0.498 e. The van der Waals surface area contributed by atoms with Gasteiger partial charge in [0, 0.05) is 0 Å². The minimum absolute atomic E-state index is 0.200. The van der Waals surface area contributed by atoms with Gasteiger partial charge < -0.3 is 0 Å². The SMILES string of the molecule is CC(c1ccc(C(c2ccccc2)S(=O)(=O)C(F)(F)F)cc1)S(=O)(=O)C(F)(F)F. The van der Waals surface area contributed by atoms with Gasteiger partial charge in [-0.05, 0) is 23.6 Å². The summed E-state index contributed by atoms with van der Waals surface area (Å²) in [4.78, 5) is 0. The molecule has 4 nitrogen and oxygen atoms in total. The molecule has 0 amide bonds. The monoisotopic (exact) mass is 460 g/mol. The van der Waals surface area contributed by atoms with Crippen molar-refractivity contribution in [3.8, 4) is 0 Å². The Hall–Kier alpha value is -2.08. The minimum atomic E-state index is -5.73. The standard InChI is InChI=1S/C17H14F6O4S2/c1-11(28(24,25)16(18,19)20)12-7-9-14(10-8-12)15(13-5-3-2-4-6-13)29(26,27)17(21,22)23/h2-11,15H,1H3. The van der Waals surface area contributed by atoms with Gasteiger partial charge >= 0.3 is 11.0 Å². The van der Waals surface area contributed by atoms with Crippen molar-refractivity contribution < 1.29 is 43.2 Å². The third-order valence-electron chi connectivity index (χ3n) is 4.23. The van der Waals surface area contributed by atoms with E-state index in [4.69, 9.17) is 0 Å². The summed E-state index contributed by atoms with van der Waals surface area (Å²) >= 11 is 0. The first-order valence-corrected chi connectivity index (χ1v) is 10.9. The van der Waals surface area contributed by atoms with Gasteiger partial charge in [-0.3, -0.25) is 0 Å². The highest BCUT2D eigenvalue weighted by Crippen LogP contribution is 2.41. The van der Waals surface area contributed by atoms with E-state index in [9.17, 15) is 43.2 Å². The quantitative estimate of drug-likeness (QED) is 0.607. The summed E-state index contributed by atoms with van der Waals surface area (Å²) in [5.74, 6) is 0. The second-order valence-electron chi connectivity index (χ2n) is 6.08. The molecule has 2 atom stereocenters. The van der Waals surface area contributed by atoms with Crippen LogP contribution in [-0.2, 0) is 19.7 Å².